The normalized spacial score (nSPS) is 10.6. The molecule has 0 saturated heterocycles. The lowest BCUT2D eigenvalue weighted by atomic mass is 10.1. The Morgan fingerprint density at radius 2 is 1.35 bits per heavy atom. The number of ether oxygens (including phenoxy) is 1. The number of carbonyl (C=O) groups excluding carboxylic acids is 2. The number of methoxy groups -OCH3 is 1. The Kier molecular flexibility index (Phi) is 12.0. The Balaban J connectivity index is 1.56. The lowest BCUT2D eigenvalue weighted by Crippen LogP contribution is -2.37. The molecule has 0 aliphatic rings. The number of rotatable bonds is 15. The molecule has 168 valence electrons. The Labute approximate surface area is 185 Å². The molecule has 2 rings (SSSR count). The molecular formula is C25H35N3O3. The summed E-state index contributed by atoms with van der Waals surface area (Å²) in [7, 11) is 1.75. The van der Waals surface area contributed by atoms with Gasteiger partial charge in [0.25, 0.3) is 11.8 Å². The summed E-state index contributed by atoms with van der Waals surface area (Å²) in [6.45, 7) is 2.04. The predicted molar refractivity (Wildman–Crippen MR) is 124 cm³/mol. The van der Waals surface area contributed by atoms with Crippen LogP contribution in [-0.4, -0.2) is 32.1 Å². The molecule has 2 aromatic carbocycles. The van der Waals surface area contributed by atoms with Crippen LogP contribution in [-0.2, 0) is 11.3 Å². The number of amides is 2. The van der Waals surface area contributed by atoms with E-state index in [0.717, 1.165) is 38.0 Å². The van der Waals surface area contributed by atoms with E-state index in [4.69, 9.17) is 4.74 Å². The van der Waals surface area contributed by atoms with Crippen LogP contribution in [0.5, 0.6) is 0 Å². The summed E-state index contributed by atoms with van der Waals surface area (Å²) in [6, 6.07) is 16.3. The highest BCUT2D eigenvalue weighted by Gasteiger charge is 2.06. The monoisotopic (exact) mass is 425 g/mol. The molecule has 0 aromatic heterocycles. The van der Waals surface area contributed by atoms with E-state index in [-0.39, 0.29) is 11.8 Å². The maximum Gasteiger partial charge on any atom is 0.265 e. The van der Waals surface area contributed by atoms with Crippen molar-refractivity contribution in [2.75, 3.05) is 20.3 Å². The number of nitrogens with one attached hydrogen (secondary N) is 3. The van der Waals surface area contributed by atoms with Gasteiger partial charge < -0.3 is 10.1 Å². The van der Waals surface area contributed by atoms with Gasteiger partial charge >= 0.3 is 0 Å². The van der Waals surface area contributed by atoms with E-state index in [2.05, 4.69) is 16.2 Å². The first-order valence-electron chi connectivity index (χ1n) is 11.1. The smallest absolute Gasteiger partial charge is 0.265 e. The van der Waals surface area contributed by atoms with Crippen LogP contribution in [0, 0.1) is 0 Å². The molecule has 0 bridgehead atoms. The second-order valence-electron chi connectivity index (χ2n) is 7.59. The number of hydrazine groups is 1. The van der Waals surface area contributed by atoms with Crippen LogP contribution in [0.3, 0.4) is 0 Å². The fraction of sp³-hybridized carbons (Fsp3) is 0.440. The van der Waals surface area contributed by atoms with Crippen molar-refractivity contribution in [3.05, 3.63) is 71.3 Å². The molecule has 0 heterocycles. The summed E-state index contributed by atoms with van der Waals surface area (Å²) in [4.78, 5) is 24.3. The van der Waals surface area contributed by atoms with Gasteiger partial charge in [-0.05, 0) is 42.7 Å². The zero-order chi connectivity index (χ0) is 22.2. The SMILES string of the molecule is COCCCCCCCCCNNC(=O)c1ccc(CNC(=O)c2ccccc2)cc1. The molecule has 0 spiro atoms. The van der Waals surface area contributed by atoms with Gasteiger partial charge in [-0.3, -0.25) is 15.0 Å². The summed E-state index contributed by atoms with van der Waals surface area (Å²) >= 11 is 0. The summed E-state index contributed by atoms with van der Waals surface area (Å²) in [6.07, 6.45) is 8.33. The van der Waals surface area contributed by atoms with Crippen molar-refractivity contribution in [1.82, 2.24) is 16.2 Å². The summed E-state index contributed by atoms with van der Waals surface area (Å²) in [5.41, 5.74) is 7.90. The van der Waals surface area contributed by atoms with E-state index in [1.807, 2.05) is 30.3 Å². The minimum atomic E-state index is -0.155. The Morgan fingerprint density at radius 1 is 0.742 bits per heavy atom. The number of carbonyl (C=O) groups is 2. The minimum Gasteiger partial charge on any atom is -0.385 e. The second-order valence-corrected chi connectivity index (χ2v) is 7.59. The highest BCUT2D eigenvalue weighted by atomic mass is 16.5. The fourth-order valence-electron chi connectivity index (χ4n) is 3.21. The van der Waals surface area contributed by atoms with Crippen LogP contribution in [0.2, 0.25) is 0 Å². The fourth-order valence-corrected chi connectivity index (χ4v) is 3.21. The highest BCUT2D eigenvalue weighted by molar-refractivity contribution is 5.94. The van der Waals surface area contributed by atoms with Gasteiger partial charge in [-0.2, -0.15) is 0 Å². The summed E-state index contributed by atoms with van der Waals surface area (Å²) < 4.78 is 5.05. The maximum atomic E-state index is 12.2. The number of hydrogen-bond donors (Lipinski definition) is 3. The average Bonchev–Trinajstić information content (AvgIpc) is 2.81. The molecule has 0 unspecified atom stereocenters. The van der Waals surface area contributed by atoms with Gasteiger partial charge in [0, 0.05) is 37.9 Å². The van der Waals surface area contributed by atoms with Gasteiger partial charge in [0.05, 0.1) is 0 Å². The predicted octanol–water partition coefficient (Wildman–Crippen LogP) is 4.23. The molecule has 0 saturated carbocycles. The first kappa shape index (κ1) is 24.6. The molecule has 6 nitrogen and oxygen atoms in total. The maximum absolute atomic E-state index is 12.2. The molecule has 2 aromatic rings. The zero-order valence-corrected chi connectivity index (χ0v) is 18.5. The number of unbranched alkanes of at least 4 members (excludes halogenated alkanes) is 6. The largest absolute Gasteiger partial charge is 0.385 e. The van der Waals surface area contributed by atoms with Crippen molar-refractivity contribution in [3.63, 3.8) is 0 Å². The highest BCUT2D eigenvalue weighted by Crippen LogP contribution is 2.07. The number of benzene rings is 2. The Morgan fingerprint density at radius 3 is 2.03 bits per heavy atom. The van der Waals surface area contributed by atoms with Crippen LogP contribution in [0.25, 0.3) is 0 Å². The second kappa shape index (κ2) is 15.2. The number of hydrogen-bond acceptors (Lipinski definition) is 4. The minimum absolute atomic E-state index is 0.113. The molecule has 2 amide bonds. The lowest BCUT2D eigenvalue weighted by Gasteiger charge is -2.09. The third-order valence-electron chi connectivity index (χ3n) is 5.06. The molecule has 0 fully saturated rings. The van der Waals surface area contributed by atoms with E-state index >= 15 is 0 Å². The first-order valence-corrected chi connectivity index (χ1v) is 11.1. The van der Waals surface area contributed by atoms with Gasteiger partial charge in [0.1, 0.15) is 0 Å². The lowest BCUT2D eigenvalue weighted by molar-refractivity contribution is 0.0929. The van der Waals surface area contributed by atoms with Crippen LogP contribution in [0.15, 0.2) is 54.6 Å². The Hall–Kier alpha value is -2.70. The zero-order valence-electron chi connectivity index (χ0n) is 18.5. The van der Waals surface area contributed by atoms with Crippen LogP contribution >= 0.6 is 0 Å². The third kappa shape index (κ3) is 10.2. The van der Waals surface area contributed by atoms with Crippen LogP contribution < -0.4 is 16.2 Å². The van der Waals surface area contributed by atoms with Crippen molar-refractivity contribution in [3.8, 4) is 0 Å². The standard InChI is InChI=1S/C25H35N3O3/c1-31-19-11-6-4-2-3-5-10-18-27-28-25(30)23-16-14-21(15-17-23)20-26-24(29)22-12-8-7-9-13-22/h7-9,12-17,27H,2-6,10-11,18-20H2,1H3,(H,26,29)(H,28,30). The molecule has 0 atom stereocenters. The van der Waals surface area contributed by atoms with Crippen LogP contribution in [0.1, 0.15) is 71.2 Å². The molecule has 0 radical (unpaired) electrons. The average molecular weight is 426 g/mol. The topological polar surface area (TPSA) is 79.5 Å². The van der Waals surface area contributed by atoms with Crippen molar-refractivity contribution >= 4 is 11.8 Å². The molecule has 3 N–H and O–H groups in total. The third-order valence-corrected chi connectivity index (χ3v) is 5.06. The van der Waals surface area contributed by atoms with Gasteiger partial charge in [-0.1, -0.05) is 62.4 Å². The molecule has 6 heteroatoms. The van der Waals surface area contributed by atoms with Gasteiger partial charge in [-0.15, -0.1) is 0 Å². The van der Waals surface area contributed by atoms with Crippen LogP contribution in [0.4, 0.5) is 0 Å². The van der Waals surface area contributed by atoms with Crippen molar-refractivity contribution in [2.45, 2.75) is 51.5 Å². The van der Waals surface area contributed by atoms with E-state index in [9.17, 15) is 9.59 Å². The quantitative estimate of drug-likeness (QED) is 0.295. The van der Waals surface area contributed by atoms with Gasteiger partial charge in [0.2, 0.25) is 0 Å². The van der Waals surface area contributed by atoms with Crippen molar-refractivity contribution in [1.29, 1.82) is 0 Å². The Bertz CT molecular complexity index is 763. The summed E-state index contributed by atoms with van der Waals surface area (Å²) in [5, 5.41) is 2.88. The molecular weight excluding hydrogens is 390 g/mol. The van der Waals surface area contributed by atoms with Crippen molar-refractivity contribution < 1.29 is 14.3 Å². The molecule has 0 aliphatic carbocycles. The molecule has 0 aliphatic heterocycles. The van der Waals surface area contributed by atoms with E-state index in [1.54, 1.807) is 31.4 Å². The van der Waals surface area contributed by atoms with E-state index in [1.165, 1.54) is 25.7 Å². The summed E-state index contributed by atoms with van der Waals surface area (Å²) in [5.74, 6) is -0.268. The van der Waals surface area contributed by atoms with Gasteiger partial charge in [0.15, 0.2) is 0 Å². The first-order chi connectivity index (χ1) is 15.2. The molecule has 31 heavy (non-hydrogen) atoms. The van der Waals surface area contributed by atoms with E-state index in [0.29, 0.717) is 17.7 Å². The van der Waals surface area contributed by atoms with Crippen molar-refractivity contribution in [2.24, 2.45) is 0 Å². The van der Waals surface area contributed by atoms with E-state index < -0.39 is 0 Å². The van der Waals surface area contributed by atoms with Gasteiger partial charge in [-0.25, -0.2) is 5.43 Å².